The van der Waals surface area contributed by atoms with Gasteiger partial charge in [-0.15, -0.1) is 44.7 Å². The van der Waals surface area contributed by atoms with Gasteiger partial charge in [-0.05, 0) is 0 Å². The highest BCUT2D eigenvalue weighted by atomic mass is 127. The molecule has 0 amide bonds. The Hall–Kier alpha value is 1.81. The minimum Gasteiger partial charge on any atom is -0.164 e. The van der Waals surface area contributed by atoms with E-state index in [1.807, 2.05) is 0 Å². The van der Waals surface area contributed by atoms with E-state index in [4.69, 9.17) is 11.5 Å². The van der Waals surface area contributed by atoms with Crippen molar-refractivity contribution in [3.05, 3.63) is 0 Å². The Balaban J connectivity index is 2.32. The predicted octanol–water partition coefficient (Wildman–Crippen LogP) is 2.08. The van der Waals surface area contributed by atoms with Crippen LogP contribution in [0.3, 0.4) is 0 Å². The van der Waals surface area contributed by atoms with Gasteiger partial charge >= 0.3 is 1.84 Å². The highest BCUT2D eigenvalue weighted by Gasteiger charge is 1.88. The minimum atomic E-state index is 0.246. The monoisotopic (exact) mass is 300 g/mol. The average Bonchev–Trinajstić information content (AvgIpc) is 0.811. The molecule has 0 spiro atoms. The Morgan fingerprint density at radius 1 is 1.50 bits per heavy atom. The Morgan fingerprint density at radius 2 is 1.50 bits per heavy atom. The molecule has 0 unspecified atom stereocenters. The van der Waals surface area contributed by atoms with Gasteiger partial charge in [-0.1, -0.05) is 0 Å². The molecule has 0 rings (SSSR count). The third-order valence-electron chi connectivity index (χ3n) is 0. The summed E-state index contributed by atoms with van der Waals surface area (Å²) in [6.07, 6.45) is 0. The second kappa shape index (κ2) is 3.02. The molecular weight excluding hydrogens is 300 g/mol. The molecule has 0 aromatic carbocycles. The lowest BCUT2D eigenvalue weighted by molar-refractivity contribution is 4.68. The SMILES string of the molecule is ClB(I)I. The highest BCUT2D eigenvalue weighted by molar-refractivity contribution is 14.3. The van der Waals surface area contributed by atoms with Gasteiger partial charge in [0, 0.05) is 0 Å². The summed E-state index contributed by atoms with van der Waals surface area (Å²) in [5.74, 6) is 0. The van der Waals surface area contributed by atoms with Gasteiger partial charge in [0.1, 0.15) is 0 Å². The van der Waals surface area contributed by atoms with E-state index < -0.39 is 0 Å². The van der Waals surface area contributed by atoms with Crippen LogP contribution in [0.1, 0.15) is 0 Å². The summed E-state index contributed by atoms with van der Waals surface area (Å²) in [6.45, 7) is 0. The second-order valence-electron chi connectivity index (χ2n) is 0.247. The summed E-state index contributed by atoms with van der Waals surface area (Å²) >= 11 is 9.44. The average molecular weight is 300 g/mol. The maximum absolute atomic E-state index is 5.25. The van der Waals surface area contributed by atoms with Gasteiger partial charge in [-0.25, -0.2) is 0 Å². The maximum atomic E-state index is 5.25. The normalized spacial score (nSPS) is 6.75. The minimum absolute atomic E-state index is 0.246. The van der Waals surface area contributed by atoms with Crippen molar-refractivity contribution < 1.29 is 0 Å². The number of halogens is 3. The van der Waals surface area contributed by atoms with Crippen molar-refractivity contribution >= 4 is 58.0 Å². The molecule has 0 heterocycles. The lowest BCUT2D eigenvalue weighted by Crippen LogP contribution is -1.61. The zero-order chi connectivity index (χ0) is 3.58. The predicted molar refractivity (Wildman–Crippen MR) is 39.6 cm³/mol. The molecule has 4 heavy (non-hydrogen) atoms. The van der Waals surface area contributed by atoms with E-state index in [0.29, 0.717) is 0 Å². The molecule has 0 atom stereocenters. The summed E-state index contributed by atoms with van der Waals surface area (Å²) in [4.78, 5) is 0. The molecule has 0 aromatic heterocycles. The van der Waals surface area contributed by atoms with Gasteiger partial charge in [0.2, 0.25) is 0 Å². The molecule has 0 aliphatic heterocycles. The molecule has 0 aliphatic carbocycles. The zero-order valence-corrected chi connectivity index (χ0v) is 6.78. The summed E-state index contributed by atoms with van der Waals surface area (Å²) in [6, 6.07) is 0. The Labute approximate surface area is 57.4 Å². The first-order valence-corrected chi connectivity index (χ1v) is 3.58. The van der Waals surface area contributed by atoms with Gasteiger partial charge in [0.15, 0.2) is 0 Å². The van der Waals surface area contributed by atoms with E-state index in [-0.39, 0.29) is 1.84 Å². The van der Waals surface area contributed by atoms with Crippen molar-refractivity contribution in [2.24, 2.45) is 0 Å². The van der Waals surface area contributed by atoms with E-state index in [0.717, 1.165) is 0 Å². The zero-order valence-electron chi connectivity index (χ0n) is 1.71. The first-order chi connectivity index (χ1) is 1.73. The van der Waals surface area contributed by atoms with Gasteiger partial charge in [-0.2, -0.15) is 11.5 Å². The Bertz CT molecular complexity index is 10.8. The molecular formula is BClI2. The van der Waals surface area contributed by atoms with Crippen LogP contribution in [0.2, 0.25) is 0 Å². The van der Waals surface area contributed by atoms with Crippen LogP contribution in [0, 0.1) is 0 Å². The fourth-order valence-corrected chi connectivity index (χ4v) is 0. The van der Waals surface area contributed by atoms with Crippen molar-refractivity contribution in [1.82, 2.24) is 0 Å². The first-order valence-electron chi connectivity index (χ1n) is 0.655. The second-order valence-corrected chi connectivity index (χ2v) is 7.03. The summed E-state index contributed by atoms with van der Waals surface area (Å²) in [5.41, 5.74) is 0. The van der Waals surface area contributed by atoms with Crippen LogP contribution in [0.4, 0.5) is 0 Å². The summed E-state index contributed by atoms with van der Waals surface area (Å²) in [5, 5.41) is 0. The van der Waals surface area contributed by atoms with Crippen LogP contribution in [-0.2, 0) is 0 Å². The van der Waals surface area contributed by atoms with Gasteiger partial charge in [-0.3, -0.25) is 0 Å². The topological polar surface area (TPSA) is 0 Å². The van der Waals surface area contributed by atoms with E-state index in [1.165, 1.54) is 0 Å². The molecule has 0 radical (unpaired) electrons. The number of rotatable bonds is 0. The van der Waals surface area contributed by atoms with Crippen molar-refractivity contribution in [3.63, 3.8) is 0 Å². The maximum Gasteiger partial charge on any atom is 0.387 e. The standard InChI is InChI=1S/BClI2/c2-1(3)4. The molecule has 24 valence electrons. The van der Waals surface area contributed by atoms with Crippen LogP contribution in [0.5, 0.6) is 0 Å². The van der Waals surface area contributed by atoms with Gasteiger partial charge in [0.05, 0.1) is 0 Å². The highest BCUT2D eigenvalue weighted by Crippen LogP contribution is 2.06. The third-order valence-corrected chi connectivity index (χ3v) is 0. The van der Waals surface area contributed by atoms with Crippen molar-refractivity contribution in [3.8, 4) is 0 Å². The molecule has 0 bridgehead atoms. The smallest absolute Gasteiger partial charge is 0.164 e. The van der Waals surface area contributed by atoms with Gasteiger partial charge in [0.25, 0.3) is 0 Å². The van der Waals surface area contributed by atoms with Crippen molar-refractivity contribution in [2.75, 3.05) is 0 Å². The Morgan fingerprint density at radius 3 is 1.50 bits per heavy atom. The van der Waals surface area contributed by atoms with Crippen LogP contribution in [-0.4, -0.2) is 1.84 Å². The molecule has 0 nitrogen and oxygen atoms in total. The number of hydrogen-bond donors (Lipinski definition) is 0. The summed E-state index contributed by atoms with van der Waals surface area (Å²) in [7, 11) is 0. The van der Waals surface area contributed by atoms with Crippen molar-refractivity contribution in [2.45, 2.75) is 0 Å². The molecule has 0 aromatic rings. The largest absolute Gasteiger partial charge is 0.387 e. The molecule has 0 saturated carbocycles. The van der Waals surface area contributed by atoms with E-state index in [9.17, 15) is 0 Å². The molecule has 0 aliphatic rings. The quantitative estimate of drug-likeness (QED) is 0.475. The molecule has 0 N–H and O–H groups in total. The summed E-state index contributed by atoms with van der Waals surface area (Å²) < 4.78 is 0.246. The molecule has 0 fully saturated rings. The fourth-order valence-electron chi connectivity index (χ4n) is 0. The van der Waals surface area contributed by atoms with E-state index in [1.54, 1.807) is 0 Å². The van der Waals surface area contributed by atoms with Crippen LogP contribution < -0.4 is 0 Å². The van der Waals surface area contributed by atoms with E-state index in [2.05, 4.69) is 44.7 Å². The first kappa shape index (κ1) is 5.81. The Kier molecular flexibility index (Phi) is 4.39. The van der Waals surface area contributed by atoms with Crippen LogP contribution in [0.25, 0.3) is 0 Å². The molecule has 4 heteroatoms. The molecule has 0 saturated heterocycles. The lowest BCUT2D eigenvalue weighted by atomic mass is 10.8. The lowest BCUT2D eigenvalue weighted by Gasteiger charge is -1.62. The number of hydrogen-bond acceptors (Lipinski definition) is 0. The van der Waals surface area contributed by atoms with E-state index >= 15 is 0 Å². The van der Waals surface area contributed by atoms with Crippen molar-refractivity contribution in [1.29, 1.82) is 0 Å². The van der Waals surface area contributed by atoms with Crippen LogP contribution >= 0.6 is 56.2 Å². The van der Waals surface area contributed by atoms with Crippen LogP contribution in [0.15, 0.2) is 0 Å². The fraction of sp³-hybridized carbons (Fsp3) is 0. The third kappa shape index (κ3) is 9.18. The van der Waals surface area contributed by atoms with Gasteiger partial charge < -0.3 is 0 Å².